The van der Waals surface area contributed by atoms with Crippen LogP contribution >= 0.6 is 0 Å². The van der Waals surface area contributed by atoms with Gasteiger partial charge in [-0.05, 0) is 42.5 Å². The van der Waals surface area contributed by atoms with Crippen molar-refractivity contribution in [2.75, 3.05) is 0 Å². The van der Waals surface area contributed by atoms with Gasteiger partial charge in [0.25, 0.3) is 0 Å². The average Bonchev–Trinajstić information content (AvgIpc) is 2.77. The van der Waals surface area contributed by atoms with Gasteiger partial charge in [-0.2, -0.15) is 0 Å². The number of benzene rings is 3. The fourth-order valence-electron chi connectivity index (χ4n) is 2.55. The highest BCUT2D eigenvalue weighted by molar-refractivity contribution is 5.91. The first kappa shape index (κ1) is 19.8. The van der Waals surface area contributed by atoms with Crippen molar-refractivity contribution in [1.82, 2.24) is 0 Å². The van der Waals surface area contributed by atoms with Crippen LogP contribution < -0.4 is 10.4 Å². The van der Waals surface area contributed by atoms with Crippen molar-refractivity contribution in [2.45, 2.75) is 6.92 Å². The Balaban J connectivity index is 1.77. The Labute approximate surface area is 169 Å². The van der Waals surface area contributed by atoms with E-state index in [0.29, 0.717) is 16.9 Å². The topological polar surface area (TPSA) is 52.6 Å². The molecule has 29 heavy (non-hydrogen) atoms. The number of rotatable bonds is 5. The lowest BCUT2D eigenvalue weighted by atomic mass is 10.2. The third kappa shape index (κ3) is 5.78. The molecule has 0 aliphatic heterocycles. The van der Waals surface area contributed by atoms with E-state index >= 15 is 0 Å². The van der Waals surface area contributed by atoms with E-state index in [4.69, 9.17) is 9.47 Å². The second-order valence-electron chi connectivity index (χ2n) is 6.22. The van der Waals surface area contributed by atoms with Crippen LogP contribution in [0, 0.1) is 0 Å². The van der Waals surface area contributed by atoms with Crippen molar-refractivity contribution < 1.29 is 19.1 Å². The third-order valence-electron chi connectivity index (χ3n) is 4.06. The Morgan fingerprint density at radius 3 is 1.83 bits per heavy atom. The van der Waals surface area contributed by atoms with Gasteiger partial charge >= 0.3 is 11.9 Å². The average molecular weight is 384 g/mol. The van der Waals surface area contributed by atoms with E-state index in [1.54, 1.807) is 67.6 Å². The molecular formula is C25H20O4. The molecule has 3 rings (SSSR count). The first-order valence-corrected chi connectivity index (χ1v) is 9.10. The molecule has 144 valence electrons. The maximum atomic E-state index is 12.1. The van der Waals surface area contributed by atoms with Crippen molar-refractivity contribution in [3.63, 3.8) is 0 Å². The highest BCUT2D eigenvalue weighted by atomic mass is 16.5. The lowest BCUT2D eigenvalue weighted by Crippen LogP contribution is -2.24. The van der Waals surface area contributed by atoms with E-state index < -0.39 is 11.9 Å². The Morgan fingerprint density at radius 1 is 0.690 bits per heavy atom. The van der Waals surface area contributed by atoms with Crippen LogP contribution in [0.15, 0.2) is 96.8 Å². The number of carbonyl (C=O) groups is 2. The van der Waals surface area contributed by atoms with Crippen molar-refractivity contribution in [3.05, 3.63) is 118 Å². The van der Waals surface area contributed by atoms with Gasteiger partial charge in [-0.15, -0.1) is 0 Å². The minimum absolute atomic E-state index is 0.413. The summed E-state index contributed by atoms with van der Waals surface area (Å²) in [5.41, 5.74) is 0.968. The van der Waals surface area contributed by atoms with Crippen molar-refractivity contribution in [3.8, 4) is 0 Å². The molecule has 4 heteroatoms. The lowest BCUT2D eigenvalue weighted by molar-refractivity contribution is 0.0625. The second-order valence-corrected chi connectivity index (χ2v) is 6.22. The third-order valence-corrected chi connectivity index (χ3v) is 4.06. The molecular weight excluding hydrogens is 364 g/mol. The van der Waals surface area contributed by atoms with E-state index in [1.807, 2.05) is 36.4 Å². The predicted molar refractivity (Wildman–Crippen MR) is 112 cm³/mol. The van der Waals surface area contributed by atoms with Gasteiger partial charge in [0.1, 0.15) is 12.0 Å². The largest absolute Gasteiger partial charge is 0.430 e. The van der Waals surface area contributed by atoms with Crippen molar-refractivity contribution in [1.29, 1.82) is 0 Å². The van der Waals surface area contributed by atoms with Crippen LogP contribution in [0.4, 0.5) is 0 Å². The number of hydrogen-bond donors (Lipinski definition) is 0. The zero-order chi connectivity index (χ0) is 20.5. The quantitative estimate of drug-likeness (QED) is 0.496. The summed E-state index contributed by atoms with van der Waals surface area (Å²) in [6, 6.07) is 25.0. The Hall–Kier alpha value is -3.92. The molecule has 0 bridgehead atoms. The molecule has 0 spiro atoms. The number of allylic oxidation sites excluding steroid dienone is 2. The summed E-state index contributed by atoms with van der Waals surface area (Å²) < 4.78 is 10.6. The van der Waals surface area contributed by atoms with Gasteiger partial charge in [0.05, 0.1) is 11.1 Å². The summed E-state index contributed by atoms with van der Waals surface area (Å²) in [7, 11) is 0. The molecule has 0 saturated heterocycles. The summed E-state index contributed by atoms with van der Waals surface area (Å²) in [6.45, 7) is 1.71. The summed E-state index contributed by atoms with van der Waals surface area (Å²) in [5, 5.41) is 1.55. The SMILES string of the molecule is C\C(=C/C=c1/cccc/c1=C\OC(=O)c1ccccc1)OC(=O)c1ccccc1. The molecule has 4 nitrogen and oxygen atoms in total. The molecule has 0 aromatic heterocycles. The maximum Gasteiger partial charge on any atom is 0.343 e. The molecule has 3 aromatic rings. The maximum absolute atomic E-state index is 12.1. The van der Waals surface area contributed by atoms with Gasteiger partial charge in [-0.25, -0.2) is 9.59 Å². The monoisotopic (exact) mass is 384 g/mol. The van der Waals surface area contributed by atoms with Gasteiger partial charge in [0.2, 0.25) is 0 Å². The number of carbonyl (C=O) groups excluding carboxylic acids is 2. The molecule has 0 atom stereocenters. The highest BCUT2D eigenvalue weighted by Gasteiger charge is 2.06. The first-order valence-electron chi connectivity index (χ1n) is 9.10. The number of hydrogen-bond acceptors (Lipinski definition) is 4. The van der Waals surface area contributed by atoms with Crippen LogP contribution in [-0.2, 0) is 9.47 Å². The molecule has 0 aliphatic carbocycles. The van der Waals surface area contributed by atoms with E-state index in [-0.39, 0.29) is 0 Å². The predicted octanol–water partition coefficient (Wildman–Crippen LogP) is 3.82. The number of esters is 2. The minimum atomic E-state index is -0.427. The Bertz CT molecular complexity index is 1130. The van der Waals surface area contributed by atoms with Gasteiger partial charge in [-0.3, -0.25) is 0 Å². The van der Waals surface area contributed by atoms with Crippen LogP contribution in [0.1, 0.15) is 27.6 Å². The smallest absolute Gasteiger partial charge is 0.343 e. The molecule has 0 fully saturated rings. The van der Waals surface area contributed by atoms with E-state index in [2.05, 4.69) is 0 Å². The Morgan fingerprint density at radius 2 is 1.21 bits per heavy atom. The fourth-order valence-corrected chi connectivity index (χ4v) is 2.55. The number of ether oxygens (including phenoxy) is 2. The van der Waals surface area contributed by atoms with Crippen molar-refractivity contribution in [2.24, 2.45) is 0 Å². The van der Waals surface area contributed by atoms with Crippen LogP contribution in [0.25, 0.3) is 12.3 Å². The van der Waals surface area contributed by atoms with Crippen LogP contribution in [0.5, 0.6) is 0 Å². The minimum Gasteiger partial charge on any atom is -0.430 e. The van der Waals surface area contributed by atoms with Crippen LogP contribution in [0.2, 0.25) is 0 Å². The molecule has 0 radical (unpaired) electrons. The standard InChI is InChI=1S/C25H20O4/c1-19(29-25(27)22-13-6-3-7-14-22)16-17-20-10-8-9-15-23(20)18-28-24(26)21-11-4-2-5-12-21/h2-18H,1H3/b19-16+,20-17-,23-18+. The zero-order valence-corrected chi connectivity index (χ0v) is 15.9. The fraction of sp³-hybridized carbons (Fsp3) is 0.0400. The van der Waals surface area contributed by atoms with Gasteiger partial charge in [-0.1, -0.05) is 66.7 Å². The normalized spacial score (nSPS) is 12.5. The van der Waals surface area contributed by atoms with E-state index in [9.17, 15) is 9.59 Å². The summed E-state index contributed by atoms with van der Waals surface area (Å²) in [4.78, 5) is 24.2. The second kappa shape index (κ2) is 9.85. The van der Waals surface area contributed by atoms with E-state index in [0.717, 1.165) is 10.4 Å². The first-order chi connectivity index (χ1) is 14.1. The van der Waals surface area contributed by atoms with Crippen molar-refractivity contribution >= 4 is 24.3 Å². The molecule has 0 heterocycles. The lowest BCUT2D eigenvalue weighted by Gasteiger charge is -2.03. The van der Waals surface area contributed by atoms with Crippen LogP contribution in [0.3, 0.4) is 0 Å². The van der Waals surface area contributed by atoms with Gasteiger partial charge in [0, 0.05) is 5.22 Å². The van der Waals surface area contributed by atoms with Crippen LogP contribution in [-0.4, -0.2) is 11.9 Å². The van der Waals surface area contributed by atoms with E-state index in [1.165, 1.54) is 6.26 Å². The molecule has 0 N–H and O–H groups in total. The summed E-state index contributed by atoms with van der Waals surface area (Å²) in [6.07, 6.45) is 4.92. The highest BCUT2D eigenvalue weighted by Crippen LogP contribution is 2.05. The van der Waals surface area contributed by atoms with Gasteiger partial charge < -0.3 is 9.47 Å². The molecule has 0 aliphatic rings. The summed E-state index contributed by atoms with van der Waals surface area (Å²) >= 11 is 0. The summed E-state index contributed by atoms with van der Waals surface area (Å²) in [5.74, 6) is -0.386. The molecule has 3 aromatic carbocycles. The molecule has 0 unspecified atom stereocenters. The van der Waals surface area contributed by atoms with Gasteiger partial charge in [0.15, 0.2) is 0 Å². The molecule has 0 saturated carbocycles. The molecule has 0 amide bonds. The zero-order valence-electron chi connectivity index (χ0n) is 15.9. The Kier molecular flexibility index (Phi) is 6.74.